The van der Waals surface area contributed by atoms with Crippen molar-refractivity contribution in [3.05, 3.63) is 12.4 Å². The van der Waals surface area contributed by atoms with Gasteiger partial charge in [0.25, 0.3) is 5.78 Å². The summed E-state index contributed by atoms with van der Waals surface area (Å²) in [7, 11) is 0. The largest absolute Gasteiger partial charge is 0.408 e. The Hall–Kier alpha value is -1.72. The highest BCUT2D eigenvalue weighted by atomic mass is 16.7. The summed E-state index contributed by atoms with van der Waals surface area (Å²) >= 11 is 0. The van der Waals surface area contributed by atoms with Crippen LogP contribution in [0.1, 0.15) is 13.8 Å². The van der Waals surface area contributed by atoms with E-state index >= 15 is 0 Å². The molecule has 0 unspecified atom stereocenters. The molecule has 0 aliphatic carbocycles. The van der Waals surface area contributed by atoms with Crippen LogP contribution in [-0.4, -0.2) is 25.4 Å². The van der Waals surface area contributed by atoms with E-state index in [-0.39, 0.29) is 6.10 Å². The van der Waals surface area contributed by atoms with Gasteiger partial charge in [0, 0.05) is 6.20 Å². The molecule has 0 aromatic carbocycles. The van der Waals surface area contributed by atoms with E-state index in [0.29, 0.717) is 11.7 Å². The van der Waals surface area contributed by atoms with Gasteiger partial charge in [-0.2, -0.15) is 4.73 Å². The zero-order valence-electron chi connectivity index (χ0n) is 7.51. The van der Waals surface area contributed by atoms with Crippen molar-refractivity contribution in [1.82, 2.24) is 19.3 Å². The smallest absolute Gasteiger partial charge is 0.270 e. The van der Waals surface area contributed by atoms with E-state index < -0.39 is 0 Å². The molecule has 2 aromatic rings. The second-order valence-electron chi connectivity index (χ2n) is 3.01. The van der Waals surface area contributed by atoms with E-state index in [1.54, 1.807) is 21.5 Å². The first-order valence-corrected chi connectivity index (χ1v) is 4.03. The van der Waals surface area contributed by atoms with E-state index in [1.165, 1.54) is 0 Å². The van der Waals surface area contributed by atoms with Crippen LogP contribution in [0.2, 0.25) is 0 Å². The van der Waals surface area contributed by atoms with Crippen molar-refractivity contribution in [2.75, 3.05) is 5.73 Å². The first-order valence-electron chi connectivity index (χ1n) is 4.03. The SMILES string of the molecule is CC(C)On1ccn2c(N)nnc12. The zero-order chi connectivity index (χ0) is 9.42. The van der Waals surface area contributed by atoms with E-state index in [2.05, 4.69) is 10.2 Å². The fourth-order valence-electron chi connectivity index (χ4n) is 1.09. The average Bonchev–Trinajstić information content (AvgIpc) is 2.56. The Labute approximate surface area is 74.9 Å². The monoisotopic (exact) mass is 181 g/mol. The van der Waals surface area contributed by atoms with Gasteiger partial charge < -0.3 is 10.6 Å². The van der Waals surface area contributed by atoms with Gasteiger partial charge in [0.1, 0.15) is 6.10 Å². The average molecular weight is 181 g/mol. The molecule has 0 atom stereocenters. The summed E-state index contributed by atoms with van der Waals surface area (Å²) in [6, 6.07) is 0. The third kappa shape index (κ3) is 1.20. The molecule has 6 nitrogen and oxygen atoms in total. The molecule has 0 spiro atoms. The van der Waals surface area contributed by atoms with Crippen molar-refractivity contribution in [2.45, 2.75) is 20.0 Å². The Balaban J connectivity index is 2.46. The molecule has 0 aliphatic rings. The molecular formula is C7H11N5O. The molecule has 0 amide bonds. The maximum atomic E-state index is 5.54. The van der Waals surface area contributed by atoms with Crippen LogP contribution in [0.4, 0.5) is 5.95 Å². The molecule has 2 N–H and O–H groups in total. The van der Waals surface area contributed by atoms with Gasteiger partial charge >= 0.3 is 0 Å². The number of hydrogen-bond acceptors (Lipinski definition) is 4. The van der Waals surface area contributed by atoms with Crippen molar-refractivity contribution in [3.63, 3.8) is 0 Å². The number of rotatable bonds is 2. The number of nitrogens with two attached hydrogens (primary N) is 1. The Morgan fingerprint density at radius 2 is 2.15 bits per heavy atom. The van der Waals surface area contributed by atoms with Gasteiger partial charge in [-0.15, -0.1) is 10.2 Å². The van der Waals surface area contributed by atoms with Crippen LogP contribution < -0.4 is 10.6 Å². The molecule has 0 bridgehead atoms. The molecular weight excluding hydrogens is 170 g/mol. The molecule has 0 aliphatic heterocycles. The lowest BCUT2D eigenvalue weighted by atomic mass is 10.5. The molecule has 13 heavy (non-hydrogen) atoms. The van der Waals surface area contributed by atoms with Gasteiger partial charge in [0.2, 0.25) is 5.95 Å². The summed E-state index contributed by atoms with van der Waals surface area (Å²) in [4.78, 5) is 5.42. The first-order chi connectivity index (χ1) is 6.18. The van der Waals surface area contributed by atoms with E-state index in [0.717, 1.165) is 0 Å². The number of fused-ring (bicyclic) bond motifs is 1. The van der Waals surface area contributed by atoms with Crippen molar-refractivity contribution < 1.29 is 4.84 Å². The van der Waals surface area contributed by atoms with Crippen LogP contribution in [0.15, 0.2) is 12.4 Å². The van der Waals surface area contributed by atoms with Crippen LogP contribution in [0.5, 0.6) is 0 Å². The summed E-state index contributed by atoms with van der Waals surface area (Å²) in [6.07, 6.45) is 3.60. The van der Waals surface area contributed by atoms with Gasteiger partial charge in [0.15, 0.2) is 0 Å². The number of imidazole rings is 1. The standard InChI is InChI=1S/C7H11N5O/c1-5(2)13-12-4-3-11-6(8)9-10-7(11)12/h3-5H,1-2H3,(H2,8,9). The molecule has 0 saturated carbocycles. The summed E-state index contributed by atoms with van der Waals surface area (Å²) in [5.74, 6) is 0.951. The molecule has 70 valence electrons. The lowest BCUT2D eigenvalue weighted by Crippen LogP contribution is -2.18. The Kier molecular flexibility index (Phi) is 1.61. The summed E-state index contributed by atoms with van der Waals surface area (Å²) in [5, 5.41) is 7.57. The van der Waals surface area contributed by atoms with Crippen LogP contribution in [0.25, 0.3) is 5.78 Å². The number of anilines is 1. The Bertz CT molecular complexity index is 415. The van der Waals surface area contributed by atoms with E-state index in [4.69, 9.17) is 10.6 Å². The predicted molar refractivity (Wildman–Crippen MR) is 47.1 cm³/mol. The number of hydrogen-bond donors (Lipinski definition) is 1. The van der Waals surface area contributed by atoms with Crippen molar-refractivity contribution in [1.29, 1.82) is 0 Å². The predicted octanol–water partition coefficient (Wildman–Crippen LogP) is -0.0500. The normalized spacial score (nSPS) is 11.3. The highest BCUT2D eigenvalue weighted by Gasteiger charge is 2.07. The minimum atomic E-state index is 0.0918. The van der Waals surface area contributed by atoms with Crippen LogP contribution >= 0.6 is 0 Å². The number of nitrogens with zero attached hydrogens (tertiary/aromatic N) is 4. The summed E-state index contributed by atoms with van der Waals surface area (Å²) in [5.41, 5.74) is 5.54. The van der Waals surface area contributed by atoms with Crippen LogP contribution in [0, 0.1) is 0 Å². The number of aromatic nitrogens is 4. The summed E-state index contributed by atoms with van der Waals surface area (Å²) in [6.45, 7) is 3.88. The van der Waals surface area contributed by atoms with Crippen molar-refractivity contribution in [3.8, 4) is 0 Å². The highest BCUT2D eigenvalue weighted by Crippen LogP contribution is 2.05. The Morgan fingerprint density at radius 3 is 2.85 bits per heavy atom. The minimum absolute atomic E-state index is 0.0918. The van der Waals surface area contributed by atoms with Crippen LogP contribution in [0.3, 0.4) is 0 Å². The maximum absolute atomic E-state index is 5.54. The quantitative estimate of drug-likeness (QED) is 0.705. The highest BCUT2D eigenvalue weighted by molar-refractivity contribution is 5.36. The molecule has 0 fully saturated rings. The zero-order valence-corrected chi connectivity index (χ0v) is 7.51. The Morgan fingerprint density at radius 1 is 1.38 bits per heavy atom. The first kappa shape index (κ1) is 7.90. The van der Waals surface area contributed by atoms with Crippen molar-refractivity contribution in [2.24, 2.45) is 0 Å². The molecule has 0 radical (unpaired) electrons. The third-order valence-electron chi connectivity index (χ3n) is 1.58. The van der Waals surface area contributed by atoms with E-state index in [1.807, 2.05) is 13.8 Å². The molecule has 0 saturated heterocycles. The topological polar surface area (TPSA) is 70.4 Å². The van der Waals surface area contributed by atoms with Gasteiger partial charge in [0.05, 0.1) is 6.20 Å². The van der Waals surface area contributed by atoms with Gasteiger partial charge in [-0.25, -0.2) is 0 Å². The van der Waals surface area contributed by atoms with Gasteiger partial charge in [-0.3, -0.25) is 4.40 Å². The molecule has 6 heteroatoms. The molecule has 2 rings (SSSR count). The lowest BCUT2D eigenvalue weighted by Gasteiger charge is -2.08. The van der Waals surface area contributed by atoms with Gasteiger partial charge in [-0.05, 0) is 13.8 Å². The molecule has 2 heterocycles. The van der Waals surface area contributed by atoms with E-state index in [9.17, 15) is 0 Å². The second-order valence-corrected chi connectivity index (χ2v) is 3.01. The molecule has 2 aromatic heterocycles. The fourth-order valence-corrected chi connectivity index (χ4v) is 1.09. The fraction of sp³-hybridized carbons (Fsp3) is 0.429. The minimum Gasteiger partial charge on any atom is -0.408 e. The third-order valence-corrected chi connectivity index (χ3v) is 1.58. The number of nitrogen functional groups attached to an aromatic ring is 1. The van der Waals surface area contributed by atoms with Crippen molar-refractivity contribution >= 4 is 11.7 Å². The maximum Gasteiger partial charge on any atom is 0.270 e. The lowest BCUT2D eigenvalue weighted by molar-refractivity contribution is 0.0666. The summed E-state index contributed by atoms with van der Waals surface area (Å²) < 4.78 is 3.20. The second kappa shape index (κ2) is 2.65. The van der Waals surface area contributed by atoms with Gasteiger partial charge in [-0.1, -0.05) is 0 Å². The van der Waals surface area contributed by atoms with Crippen LogP contribution in [-0.2, 0) is 0 Å².